The number of alkyl halides is 3. The van der Waals surface area contributed by atoms with Crippen LogP contribution in [0.4, 0.5) is 23.7 Å². The number of nitrogens with one attached hydrogen (secondary N) is 3. The number of carbonyl (C=O) groups is 3. The molecule has 2 unspecified atom stereocenters. The molecule has 4 atom stereocenters. The third-order valence-corrected chi connectivity index (χ3v) is 8.17. The van der Waals surface area contributed by atoms with Crippen molar-refractivity contribution in [1.29, 1.82) is 0 Å². The summed E-state index contributed by atoms with van der Waals surface area (Å²) in [6.07, 6.45) is 0.591. The van der Waals surface area contributed by atoms with Gasteiger partial charge in [-0.05, 0) is 91.0 Å². The lowest BCUT2D eigenvalue weighted by Crippen LogP contribution is -2.51. The predicted octanol–water partition coefficient (Wildman–Crippen LogP) is 5.24. The van der Waals surface area contributed by atoms with E-state index >= 15 is 0 Å². The van der Waals surface area contributed by atoms with Crippen LogP contribution in [0.25, 0.3) is 0 Å². The lowest BCUT2D eigenvalue weighted by molar-refractivity contribution is -0.137. The number of anilines is 1. The van der Waals surface area contributed by atoms with E-state index in [1.165, 1.54) is 0 Å². The Morgan fingerprint density at radius 2 is 1.82 bits per heavy atom. The summed E-state index contributed by atoms with van der Waals surface area (Å²) >= 11 is 0. The summed E-state index contributed by atoms with van der Waals surface area (Å²) in [7, 11) is 2.15. The van der Waals surface area contributed by atoms with E-state index in [9.17, 15) is 27.6 Å². The average Bonchev–Trinajstić information content (AvgIpc) is 3.22. The summed E-state index contributed by atoms with van der Waals surface area (Å²) in [6.45, 7) is 10.5. The van der Waals surface area contributed by atoms with Gasteiger partial charge in [0.1, 0.15) is 6.04 Å². The van der Waals surface area contributed by atoms with Crippen LogP contribution in [-0.2, 0) is 11.0 Å². The normalized spacial score (nSPS) is 23.7. The van der Waals surface area contributed by atoms with Gasteiger partial charge in [0, 0.05) is 30.7 Å². The zero-order chi connectivity index (χ0) is 29.8. The standard InChI is InChI=1S/C29H44F3N5O3/c1-7-8-19-15-21(36(6)18(4)5)10-12-25(19)37-14-13-24(27(37)39)34-26(38)22-16-20(29(30,31)32)9-11-23(22)35-28(40)33-17(2)3/h9,11,16-19,21,24-25H,7-8,10,12-15H2,1-6H3,(H,34,38)(H2,33,35,40)/t19-,21?,24+,25?/m1/s1. The van der Waals surface area contributed by atoms with Crippen molar-refractivity contribution in [3.05, 3.63) is 29.3 Å². The number of likely N-dealkylation sites (tertiary alicyclic amines) is 1. The molecule has 4 amide bonds. The van der Waals surface area contributed by atoms with E-state index in [2.05, 4.69) is 48.7 Å². The van der Waals surface area contributed by atoms with Crippen LogP contribution >= 0.6 is 0 Å². The minimum absolute atomic E-state index is 0.0680. The molecule has 1 aromatic carbocycles. The van der Waals surface area contributed by atoms with Gasteiger partial charge in [0.25, 0.3) is 5.91 Å². The molecule has 8 nitrogen and oxygen atoms in total. The molecule has 1 aliphatic carbocycles. The van der Waals surface area contributed by atoms with Gasteiger partial charge in [-0.1, -0.05) is 13.3 Å². The largest absolute Gasteiger partial charge is 0.416 e. The molecule has 0 bridgehead atoms. The van der Waals surface area contributed by atoms with Crippen LogP contribution in [0.1, 0.15) is 89.1 Å². The number of rotatable bonds is 9. The molecule has 224 valence electrons. The molecule has 2 fully saturated rings. The quantitative estimate of drug-likeness (QED) is 0.380. The second-order valence-corrected chi connectivity index (χ2v) is 11.7. The molecule has 1 aliphatic heterocycles. The molecule has 2 aliphatic rings. The SMILES string of the molecule is CCC[C@@H]1CC(N(C)C(C)C)CCC1N1CC[C@H](NC(=O)c2cc(C(F)(F)F)ccc2NC(=O)NC(C)C)C1=O. The summed E-state index contributed by atoms with van der Waals surface area (Å²) < 4.78 is 40.3. The Balaban J connectivity index is 1.76. The highest BCUT2D eigenvalue weighted by atomic mass is 19.4. The van der Waals surface area contributed by atoms with E-state index in [1.54, 1.807) is 13.8 Å². The van der Waals surface area contributed by atoms with Crippen molar-refractivity contribution >= 4 is 23.5 Å². The maximum absolute atomic E-state index is 13.5. The van der Waals surface area contributed by atoms with Gasteiger partial charge in [-0.2, -0.15) is 13.2 Å². The molecule has 0 radical (unpaired) electrons. The number of hydrogen-bond acceptors (Lipinski definition) is 4. The van der Waals surface area contributed by atoms with Gasteiger partial charge in [0.15, 0.2) is 0 Å². The molecule has 1 saturated heterocycles. The van der Waals surface area contributed by atoms with Gasteiger partial charge < -0.3 is 25.8 Å². The summed E-state index contributed by atoms with van der Waals surface area (Å²) in [5.74, 6) is -0.685. The topological polar surface area (TPSA) is 93.8 Å². The van der Waals surface area contributed by atoms with E-state index < -0.39 is 29.7 Å². The molecule has 0 aromatic heterocycles. The van der Waals surface area contributed by atoms with Gasteiger partial charge in [0.2, 0.25) is 5.91 Å². The van der Waals surface area contributed by atoms with Gasteiger partial charge >= 0.3 is 12.2 Å². The summed E-state index contributed by atoms with van der Waals surface area (Å²) in [4.78, 5) is 43.3. The number of carbonyl (C=O) groups excluding carboxylic acids is 3. The Bertz CT molecular complexity index is 1060. The second kappa shape index (κ2) is 13.2. The van der Waals surface area contributed by atoms with Crippen molar-refractivity contribution in [2.24, 2.45) is 5.92 Å². The van der Waals surface area contributed by atoms with Crippen LogP contribution in [0.3, 0.4) is 0 Å². The number of nitrogens with zero attached hydrogens (tertiary/aromatic N) is 2. The Morgan fingerprint density at radius 3 is 2.42 bits per heavy atom. The molecule has 0 spiro atoms. The smallest absolute Gasteiger partial charge is 0.340 e. The van der Waals surface area contributed by atoms with E-state index in [0.29, 0.717) is 37.0 Å². The highest BCUT2D eigenvalue weighted by Crippen LogP contribution is 2.37. The van der Waals surface area contributed by atoms with Gasteiger partial charge in [-0.25, -0.2) is 4.79 Å². The number of halogens is 3. The summed E-state index contributed by atoms with van der Waals surface area (Å²) in [6, 6.07) is 1.85. The van der Waals surface area contributed by atoms with Crippen molar-refractivity contribution in [1.82, 2.24) is 20.4 Å². The number of benzene rings is 1. The number of urea groups is 1. The van der Waals surface area contributed by atoms with Gasteiger partial charge in [0.05, 0.1) is 16.8 Å². The number of hydrogen-bond donors (Lipinski definition) is 3. The van der Waals surface area contributed by atoms with Crippen molar-refractivity contribution < 1.29 is 27.6 Å². The van der Waals surface area contributed by atoms with Crippen molar-refractivity contribution in [2.75, 3.05) is 18.9 Å². The maximum Gasteiger partial charge on any atom is 0.416 e. The fraction of sp³-hybridized carbons (Fsp3) is 0.690. The Labute approximate surface area is 235 Å². The Hall–Kier alpha value is -2.82. The second-order valence-electron chi connectivity index (χ2n) is 11.7. The Kier molecular flexibility index (Phi) is 10.5. The number of amides is 4. The van der Waals surface area contributed by atoms with Gasteiger partial charge in [-0.3, -0.25) is 9.59 Å². The highest BCUT2D eigenvalue weighted by molar-refractivity contribution is 6.05. The first kappa shape index (κ1) is 31.7. The molecular formula is C29H44F3N5O3. The fourth-order valence-electron chi connectivity index (χ4n) is 5.95. The lowest BCUT2D eigenvalue weighted by Gasteiger charge is -2.44. The molecule has 3 rings (SSSR count). The van der Waals surface area contributed by atoms with Crippen molar-refractivity contribution in [3.63, 3.8) is 0 Å². The van der Waals surface area contributed by atoms with E-state index in [1.807, 2.05) is 4.90 Å². The minimum atomic E-state index is -4.68. The third kappa shape index (κ3) is 7.67. The van der Waals surface area contributed by atoms with E-state index in [-0.39, 0.29) is 29.2 Å². The summed E-state index contributed by atoms with van der Waals surface area (Å²) in [5.41, 5.74) is -1.43. The molecule has 1 aromatic rings. The molecule has 40 heavy (non-hydrogen) atoms. The van der Waals surface area contributed by atoms with Crippen LogP contribution in [0.15, 0.2) is 18.2 Å². The summed E-state index contributed by atoms with van der Waals surface area (Å²) in [5, 5.41) is 7.71. The molecule has 11 heteroatoms. The molecule has 1 heterocycles. The first-order valence-corrected chi connectivity index (χ1v) is 14.3. The lowest BCUT2D eigenvalue weighted by atomic mass is 9.77. The van der Waals surface area contributed by atoms with Crippen LogP contribution in [0, 0.1) is 5.92 Å². The zero-order valence-electron chi connectivity index (χ0n) is 24.4. The van der Waals surface area contributed by atoms with Gasteiger partial charge in [-0.15, -0.1) is 0 Å². The fourth-order valence-corrected chi connectivity index (χ4v) is 5.95. The zero-order valence-corrected chi connectivity index (χ0v) is 24.4. The Morgan fingerprint density at radius 1 is 1.12 bits per heavy atom. The van der Waals surface area contributed by atoms with Crippen LogP contribution in [-0.4, -0.2) is 71.4 Å². The predicted molar refractivity (Wildman–Crippen MR) is 149 cm³/mol. The first-order chi connectivity index (χ1) is 18.7. The van der Waals surface area contributed by atoms with E-state index in [0.717, 1.165) is 44.2 Å². The average molecular weight is 568 g/mol. The molecule has 1 saturated carbocycles. The maximum atomic E-state index is 13.5. The monoisotopic (exact) mass is 567 g/mol. The highest BCUT2D eigenvalue weighted by Gasteiger charge is 2.43. The van der Waals surface area contributed by atoms with Crippen LogP contribution in [0.5, 0.6) is 0 Å². The van der Waals surface area contributed by atoms with E-state index in [4.69, 9.17) is 0 Å². The minimum Gasteiger partial charge on any atom is -0.340 e. The third-order valence-electron chi connectivity index (χ3n) is 8.17. The van der Waals surface area contributed by atoms with Crippen LogP contribution in [0.2, 0.25) is 0 Å². The first-order valence-electron chi connectivity index (χ1n) is 14.3. The molecular weight excluding hydrogens is 523 g/mol. The van der Waals surface area contributed by atoms with Crippen molar-refractivity contribution in [3.8, 4) is 0 Å². The van der Waals surface area contributed by atoms with Crippen LogP contribution < -0.4 is 16.0 Å². The van der Waals surface area contributed by atoms with Crippen molar-refractivity contribution in [2.45, 2.75) is 110 Å². The molecule has 3 N–H and O–H groups in total.